The third-order valence-electron chi connectivity index (χ3n) is 5.10. The predicted octanol–water partition coefficient (Wildman–Crippen LogP) is 4.80. The van der Waals surface area contributed by atoms with Crippen molar-refractivity contribution >= 4 is 29.2 Å². The molecule has 1 heterocycles. The van der Waals surface area contributed by atoms with Gasteiger partial charge in [-0.3, -0.25) is 4.90 Å². The Morgan fingerprint density at radius 2 is 1.78 bits per heavy atom. The van der Waals surface area contributed by atoms with Crippen molar-refractivity contribution in [1.29, 1.82) is 0 Å². The Kier molecular flexibility index (Phi) is 7.00. The second-order valence-electron chi connectivity index (χ2n) is 7.01. The van der Waals surface area contributed by atoms with Gasteiger partial charge in [0.05, 0.1) is 10.0 Å². The summed E-state index contributed by atoms with van der Waals surface area (Å²) in [5.74, 6) is 0. The average molecular weight is 406 g/mol. The van der Waals surface area contributed by atoms with Gasteiger partial charge in [-0.05, 0) is 36.1 Å². The molecule has 144 valence electrons. The summed E-state index contributed by atoms with van der Waals surface area (Å²) < 4.78 is 0. The largest absolute Gasteiger partial charge is 0.334 e. The lowest BCUT2D eigenvalue weighted by atomic mass is 10.0. The first-order valence-corrected chi connectivity index (χ1v) is 9.99. The maximum absolute atomic E-state index is 12.5. The van der Waals surface area contributed by atoms with Crippen LogP contribution in [0.3, 0.4) is 0 Å². The molecule has 0 bridgehead atoms. The van der Waals surface area contributed by atoms with Crippen molar-refractivity contribution in [3.05, 3.63) is 69.7 Å². The van der Waals surface area contributed by atoms with E-state index in [4.69, 9.17) is 23.2 Å². The van der Waals surface area contributed by atoms with Gasteiger partial charge in [-0.2, -0.15) is 0 Å². The minimum Gasteiger partial charge on any atom is -0.334 e. The maximum atomic E-state index is 12.5. The highest BCUT2D eigenvalue weighted by Gasteiger charge is 2.25. The van der Waals surface area contributed by atoms with Crippen LogP contribution in [0, 0.1) is 0 Å². The van der Waals surface area contributed by atoms with E-state index in [1.807, 2.05) is 24.1 Å². The van der Waals surface area contributed by atoms with Crippen molar-refractivity contribution in [1.82, 2.24) is 15.1 Å². The number of rotatable bonds is 5. The summed E-state index contributed by atoms with van der Waals surface area (Å²) >= 11 is 12.0. The highest BCUT2D eigenvalue weighted by atomic mass is 35.5. The minimum absolute atomic E-state index is 0.0532. The number of urea groups is 1. The summed E-state index contributed by atoms with van der Waals surface area (Å²) in [6.45, 7) is 3.42. The molecule has 3 rings (SSSR count). The van der Waals surface area contributed by atoms with Crippen LogP contribution in [0.1, 0.15) is 24.0 Å². The van der Waals surface area contributed by atoms with E-state index in [1.54, 1.807) is 12.1 Å². The topological polar surface area (TPSA) is 35.6 Å². The summed E-state index contributed by atoms with van der Waals surface area (Å²) in [5, 5.41) is 3.99. The second kappa shape index (κ2) is 9.45. The maximum Gasteiger partial charge on any atom is 0.317 e. The Bertz CT molecular complexity index is 761. The van der Waals surface area contributed by atoms with Crippen LogP contribution in [0.2, 0.25) is 10.0 Å². The summed E-state index contributed by atoms with van der Waals surface area (Å²) in [6.07, 6.45) is 1.98. The fraction of sp³-hybridized carbons (Fsp3) is 0.381. The molecule has 1 N–H and O–H groups in total. The van der Waals surface area contributed by atoms with Crippen LogP contribution in [0.5, 0.6) is 0 Å². The van der Waals surface area contributed by atoms with E-state index < -0.39 is 0 Å². The summed E-state index contributed by atoms with van der Waals surface area (Å²) in [4.78, 5) is 16.8. The number of hydrogen-bond donors (Lipinski definition) is 1. The van der Waals surface area contributed by atoms with E-state index in [0.717, 1.165) is 38.0 Å². The number of benzene rings is 2. The third-order valence-corrected chi connectivity index (χ3v) is 5.84. The molecule has 27 heavy (non-hydrogen) atoms. The Balaban J connectivity index is 1.44. The molecule has 6 heteroatoms. The van der Waals surface area contributed by atoms with Crippen LogP contribution in [0.25, 0.3) is 0 Å². The van der Waals surface area contributed by atoms with Gasteiger partial charge in [-0.15, -0.1) is 0 Å². The Hall–Kier alpha value is -1.75. The van der Waals surface area contributed by atoms with Crippen molar-refractivity contribution in [3.63, 3.8) is 0 Å². The van der Waals surface area contributed by atoms with Gasteiger partial charge in [0.1, 0.15) is 0 Å². The number of nitrogens with zero attached hydrogens (tertiary/aromatic N) is 2. The van der Waals surface area contributed by atoms with E-state index in [-0.39, 0.29) is 12.1 Å². The van der Waals surface area contributed by atoms with E-state index in [2.05, 4.69) is 34.5 Å². The molecule has 0 radical (unpaired) electrons. The molecule has 0 aromatic heterocycles. The molecule has 0 spiro atoms. The molecule has 2 aromatic rings. The van der Waals surface area contributed by atoms with E-state index in [1.165, 1.54) is 5.56 Å². The lowest BCUT2D eigenvalue weighted by Gasteiger charge is -2.36. The van der Waals surface area contributed by atoms with Crippen molar-refractivity contribution in [2.24, 2.45) is 0 Å². The highest BCUT2D eigenvalue weighted by Crippen LogP contribution is 2.22. The summed E-state index contributed by atoms with van der Waals surface area (Å²) in [7, 11) is 1.88. The number of hydrogen-bond acceptors (Lipinski definition) is 2. The van der Waals surface area contributed by atoms with Gasteiger partial charge in [0.15, 0.2) is 0 Å². The summed E-state index contributed by atoms with van der Waals surface area (Å²) in [6, 6.07) is 16.1. The molecular weight excluding hydrogens is 381 g/mol. The number of piperidine rings is 1. The lowest BCUT2D eigenvalue weighted by molar-refractivity contribution is 0.131. The quantitative estimate of drug-likeness (QED) is 0.774. The number of likely N-dealkylation sites (tertiary alicyclic amines) is 1. The zero-order chi connectivity index (χ0) is 19.2. The molecule has 2 aromatic carbocycles. The van der Waals surface area contributed by atoms with Crippen molar-refractivity contribution in [3.8, 4) is 0 Å². The van der Waals surface area contributed by atoms with Crippen LogP contribution < -0.4 is 5.32 Å². The van der Waals surface area contributed by atoms with E-state index >= 15 is 0 Å². The Labute approximate surface area is 171 Å². The van der Waals surface area contributed by atoms with Gasteiger partial charge in [0.25, 0.3) is 0 Å². The molecule has 0 unspecified atom stereocenters. The zero-order valence-corrected chi connectivity index (χ0v) is 17.0. The van der Waals surface area contributed by atoms with Crippen molar-refractivity contribution < 1.29 is 4.79 Å². The van der Waals surface area contributed by atoms with Gasteiger partial charge < -0.3 is 10.2 Å². The number of carbonyl (C=O) groups is 1. The molecule has 0 aliphatic carbocycles. The van der Waals surface area contributed by atoms with Crippen LogP contribution in [0.4, 0.5) is 4.79 Å². The van der Waals surface area contributed by atoms with Crippen LogP contribution in [0.15, 0.2) is 48.5 Å². The molecule has 2 amide bonds. The minimum atomic E-state index is -0.0532. The van der Waals surface area contributed by atoms with Gasteiger partial charge in [0.2, 0.25) is 0 Å². The number of nitrogens with one attached hydrogen (secondary N) is 1. The van der Waals surface area contributed by atoms with Gasteiger partial charge in [0, 0.05) is 39.3 Å². The van der Waals surface area contributed by atoms with Crippen LogP contribution in [-0.4, -0.2) is 42.0 Å². The number of halogens is 2. The van der Waals surface area contributed by atoms with Gasteiger partial charge in [-0.1, -0.05) is 59.6 Å². The SMILES string of the molecule is CN(C(=O)NCc1ccc(Cl)c(Cl)c1)C1CCN(Cc2ccccc2)CC1. The van der Waals surface area contributed by atoms with Crippen LogP contribution >= 0.6 is 23.2 Å². The molecule has 1 aliphatic heterocycles. The Morgan fingerprint density at radius 3 is 2.44 bits per heavy atom. The third kappa shape index (κ3) is 5.61. The number of carbonyl (C=O) groups excluding carboxylic acids is 1. The van der Waals surface area contributed by atoms with Crippen molar-refractivity contribution in [2.45, 2.75) is 32.0 Å². The van der Waals surface area contributed by atoms with Crippen LogP contribution in [-0.2, 0) is 13.1 Å². The highest BCUT2D eigenvalue weighted by molar-refractivity contribution is 6.42. The Morgan fingerprint density at radius 1 is 1.07 bits per heavy atom. The molecule has 1 saturated heterocycles. The van der Waals surface area contributed by atoms with Gasteiger partial charge in [-0.25, -0.2) is 4.79 Å². The first kappa shape index (κ1) is 20.0. The fourth-order valence-electron chi connectivity index (χ4n) is 3.42. The first-order chi connectivity index (χ1) is 13.0. The molecule has 1 aliphatic rings. The molecule has 1 fully saturated rings. The molecular formula is C21H25Cl2N3O. The summed E-state index contributed by atoms with van der Waals surface area (Å²) in [5.41, 5.74) is 2.27. The normalized spacial score (nSPS) is 15.5. The predicted molar refractivity (Wildman–Crippen MR) is 111 cm³/mol. The molecule has 4 nitrogen and oxygen atoms in total. The number of amides is 2. The molecule has 0 saturated carbocycles. The van der Waals surface area contributed by atoms with Gasteiger partial charge >= 0.3 is 6.03 Å². The smallest absolute Gasteiger partial charge is 0.317 e. The zero-order valence-electron chi connectivity index (χ0n) is 15.5. The standard InChI is InChI=1S/C21H25Cl2N3O/c1-25(21(27)24-14-17-7-8-19(22)20(23)13-17)18-9-11-26(12-10-18)15-16-5-3-2-4-6-16/h2-8,13,18H,9-12,14-15H2,1H3,(H,24,27). The first-order valence-electron chi connectivity index (χ1n) is 9.24. The lowest BCUT2D eigenvalue weighted by Crippen LogP contribution is -2.48. The average Bonchev–Trinajstić information content (AvgIpc) is 2.69. The monoisotopic (exact) mass is 405 g/mol. The fourth-order valence-corrected chi connectivity index (χ4v) is 3.74. The van der Waals surface area contributed by atoms with E-state index in [0.29, 0.717) is 16.6 Å². The van der Waals surface area contributed by atoms with Crippen molar-refractivity contribution in [2.75, 3.05) is 20.1 Å². The second-order valence-corrected chi connectivity index (χ2v) is 7.83. The van der Waals surface area contributed by atoms with E-state index in [9.17, 15) is 4.79 Å². The molecule has 0 atom stereocenters.